The molecule has 2 rings (SSSR count). The van der Waals surface area contributed by atoms with E-state index in [1.807, 2.05) is 0 Å². The molecule has 0 radical (unpaired) electrons. The lowest BCUT2D eigenvalue weighted by atomic mass is 10.1. The summed E-state index contributed by atoms with van der Waals surface area (Å²) in [6.45, 7) is 4.67. The molecule has 0 amide bonds. The highest BCUT2D eigenvalue weighted by Gasteiger charge is 2.30. The van der Waals surface area contributed by atoms with Gasteiger partial charge in [0.25, 0.3) is 0 Å². The summed E-state index contributed by atoms with van der Waals surface area (Å²) in [6.07, 6.45) is 5.30. The van der Waals surface area contributed by atoms with Gasteiger partial charge in [-0.1, -0.05) is 31.4 Å². The van der Waals surface area contributed by atoms with Crippen LogP contribution in [-0.2, 0) is 4.74 Å². The lowest BCUT2D eigenvalue weighted by Gasteiger charge is -2.40. The molecule has 0 aliphatic carbocycles. The van der Waals surface area contributed by atoms with Crippen LogP contribution in [0.5, 0.6) is 0 Å². The van der Waals surface area contributed by atoms with Crippen LogP contribution in [0.25, 0.3) is 0 Å². The van der Waals surface area contributed by atoms with E-state index in [0.29, 0.717) is 16.7 Å². The molecule has 1 fully saturated rings. The van der Waals surface area contributed by atoms with Crippen molar-refractivity contribution in [3.8, 4) is 0 Å². The fourth-order valence-electron chi connectivity index (χ4n) is 1.91. The van der Waals surface area contributed by atoms with Crippen LogP contribution in [0.15, 0.2) is 6.33 Å². The van der Waals surface area contributed by atoms with Crippen LogP contribution in [0.2, 0.25) is 5.02 Å². The van der Waals surface area contributed by atoms with Crippen molar-refractivity contribution < 1.29 is 4.74 Å². The van der Waals surface area contributed by atoms with Crippen LogP contribution in [0.3, 0.4) is 0 Å². The van der Waals surface area contributed by atoms with Crippen LogP contribution in [0.4, 0.5) is 11.6 Å². The number of halogens is 1. The molecule has 1 aliphatic heterocycles. The molecule has 6 heteroatoms. The highest BCUT2D eigenvalue weighted by Crippen LogP contribution is 2.30. The molecule has 1 aromatic rings. The van der Waals surface area contributed by atoms with Crippen molar-refractivity contribution in [3.63, 3.8) is 0 Å². The number of unbranched alkanes of at least 4 members (excludes halogenated alkanes) is 2. The lowest BCUT2D eigenvalue weighted by molar-refractivity contribution is 0.0318. The van der Waals surface area contributed by atoms with E-state index < -0.39 is 0 Å². The Morgan fingerprint density at radius 3 is 2.94 bits per heavy atom. The monoisotopic (exact) mass is 270 g/mol. The van der Waals surface area contributed by atoms with E-state index in [1.165, 1.54) is 19.2 Å². The Bertz CT molecular complexity index is 396. The fourth-order valence-corrected chi connectivity index (χ4v) is 2.13. The minimum absolute atomic E-state index is 0.286. The van der Waals surface area contributed by atoms with Crippen molar-refractivity contribution in [3.05, 3.63) is 11.3 Å². The number of hydrogen-bond donors (Lipinski definition) is 1. The van der Waals surface area contributed by atoms with Gasteiger partial charge >= 0.3 is 0 Å². The molecular formula is C12H19ClN4O. The van der Waals surface area contributed by atoms with E-state index in [0.717, 1.165) is 26.1 Å². The molecule has 0 bridgehead atoms. The summed E-state index contributed by atoms with van der Waals surface area (Å²) in [5, 5.41) is 0.432. The van der Waals surface area contributed by atoms with Gasteiger partial charge in [0.2, 0.25) is 0 Å². The maximum atomic E-state index is 6.06. The second-order valence-electron chi connectivity index (χ2n) is 4.50. The molecule has 0 saturated carbocycles. The highest BCUT2D eigenvalue weighted by molar-refractivity contribution is 6.35. The molecule has 100 valence electrons. The van der Waals surface area contributed by atoms with E-state index in [9.17, 15) is 0 Å². The maximum absolute atomic E-state index is 6.06. The molecule has 2 N–H and O–H groups in total. The summed E-state index contributed by atoms with van der Waals surface area (Å²) in [6, 6.07) is 0. The first-order chi connectivity index (χ1) is 8.72. The van der Waals surface area contributed by atoms with Crippen molar-refractivity contribution in [2.75, 3.05) is 30.3 Å². The lowest BCUT2D eigenvalue weighted by Crippen LogP contribution is -2.53. The first-order valence-electron chi connectivity index (χ1n) is 6.35. The fraction of sp³-hybridized carbons (Fsp3) is 0.667. The van der Waals surface area contributed by atoms with Crippen molar-refractivity contribution >= 4 is 23.2 Å². The summed E-state index contributed by atoms with van der Waals surface area (Å²) in [4.78, 5) is 10.1. The van der Waals surface area contributed by atoms with Crippen LogP contribution in [-0.4, -0.2) is 35.8 Å². The average Bonchev–Trinajstić information content (AvgIpc) is 2.31. The highest BCUT2D eigenvalue weighted by atomic mass is 35.5. The van der Waals surface area contributed by atoms with E-state index in [-0.39, 0.29) is 6.10 Å². The predicted octanol–water partition coefficient (Wildman–Crippen LogP) is 2.11. The summed E-state index contributed by atoms with van der Waals surface area (Å²) in [5.41, 5.74) is 5.64. The van der Waals surface area contributed by atoms with E-state index in [2.05, 4.69) is 21.8 Å². The van der Waals surface area contributed by atoms with Gasteiger partial charge in [-0.25, -0.2) is 9.97 Å². The number of hydrogen-bond acceptors (Lipinski definition) is 5. The summed E-state index contributed by atoms with van der Waals surface area (Å²) in [7, 11) is 0. The molecule has 1 saturated heterocycles. The largest absolute Gasteiger partial charge is 0.382 e. The molecule has 5 nitrogen and oxygen atoms in total. The summed E-state index contributed by atoms with van der Waals surface area (Å²) in [5.74, 6) is 1.03. The van der Waals surface area contributed by atoms with E-state index >= 15 is 0 Å². The second kappa shape index (κ2) is 6.20. The quantitative estimate of drug-likeness (QED) is 0.802. The number of anilines is 2. The average molecular weight is 271 g/mol. The molecular weight excluding hydrogens is 252 g/mol. The van der Waals surface area contributed by atoms with Gasteiger partial charge in [0.15, 0.2) is 5.82 Å². The number of nitrogens with two attached hydrogens (primary N) is 1. The Labute approximate surface area is 112 Å². The molecule has 0 spiro atoms. The van der Waals surface area contributed by atoms with Gasteiger partial charge in [-0.3, -0.25) is 0 Å². The molecule has 0 atom stereocenters. The van der Waals surface area contributed by atoms with Crippen LogP contribution >= 0.6 is 11.6 Å². The molecule has 2 heterocycles. The van der Waals surface area contributed by atoms with Crippen LogP contribution in [0, 0.1) is 0 Å². The zero-order chi connectivity index (χ0) is 13.0. The van der Waals surface area contributed by atoms with Crippen molar-refractivity contribution in [2.45, 2.75) is 32.3 Å². The first-order valence-corrected chi connectivity index (χ1v) is 6.72. The third kappa shape index (κ3) is 3.03. The third-order valence-electron chi connectivity index (χ3n) is 3.05. The molecule has 0 unspecified atom stereocenters. The van der Waals surface area contributed by atoms with Crippen LogP contribution in [0.1, 0.15) is 26.2 Å². The van der Waals surface area contributed by atoms with Gasteiger partial charge in [-0.15, -0.1) is 0 Å². The maximum Gasteiger partial charge on any atom is 0.153 e. The number of nitrogen functional groups attached to an aromatic ring is 1. The van der Waals surface area contributed by atoms with E-state index in [1.54, 1.807) is 0 Å². The predicted molar refractivity (Wildman–Crippen MR) is 72.9 cm³/mol. The Hall–Kier alpha value is -1.07. The zero-order valence-electron chi connectivity index (χ0n) is 10.6. The van der Waals surface area contributed by atoms with Crippen LogP contribution < -0.4 is 10.6 Å². The van der Waals surface area contributed by atoms with Gasteiger partial charge < -0.3 is 15.4 Å². The van der Waals surface area contributed by atoms with Gasteiger partial charge in [0.1, 0.15) is 17.2 Å². The van der Waals surface area contributed by atoms with Gasteiger partial charge in [-0.05, 0) is 6.42 Å². The Kier molecular flexibility index (Phi) is 4.60. The minimum Gasteiger partial charge on any atom is -0.382 e. The van der Waals surface area contributed by atoms with Crippen molar-refractivity contribution in [1.29, 1.82) is 0 Å². The van der Waals surface area contributed by atoms with Gasteiger partial charge in [0.05, 0.1) is 6.10 Å². The van der Waals surface area contributed by atoms with Gasteiger partial charge in [0, 0.05) is 19.7 Å². The second-order valence-corrected chi connectivity index (χ2v) is 4.88. The summed E-state index contributed by atoms with van der Waals surface area (Å²) < 4.78 is 5.74. The Morgan fingerprint density at radius 2 is 2.22 bits per heavy atom. The topological polar surface area (TPSA) is 64.3 Å². The number of nitrogens with zero attached hydrogens (tertiary/aromatic N) is 3. The Balaban J connectivity index is 1.77. The number of rotatable bonds is 6. The smallest absolute Gasteiger partial charge is 0.153 e. The number of aromatic nitrogens is 2. The first kappa shape index (κ1) is 13.4. The standard InChI is InChI=1S/C12H19ClN4O/c1-2-3-4-5-18-9-6-17(7-9)12-10(13)11(14)15-8-16-12/h8-9H,2-7H2,1H3,(H2,14,15,16). The zero-order valence-corrected chi connectivity index (χ0v) is 11.4. The molecule has 1 aliphatic rings. The normalized spacial score (nSPS) is 15.8. The molecule has 1 aromatic heterocycles. The van der Waals surface area contributed by atoms with Gasteiger partial charge in [-0.2, -0.15) is 0 Å². The minimum atomic E-state index is 0.286. The molecule has 0 aromatic carbocycles. The van der Waals surface area contributed by atoms with Crippen molar-refractivity contribution in [1.82, 2.24) is 9.97 Å². The SMILES string of the molecule is CCCCCOC1CN(c2ncnc(N)c2Cl)C1. The number of ether oxygens (including phenoxy) is 1. The van der Waals surface area contributed by atoms with E-state index in [4.69, 9.17) is 22.1 Å². The Morgan fingerprint density at radius 1 is 1.44 bits per heavy atom. The van der Waals surface area contributed by atoms with Crippen molar-refractivity contribution in [2.24, 2.45) is 0 Å². The summed E-state index contributed by atoms with van der Waals surface area (Å²) >= 11 is 6.06. The third-order valence-corrected chi connectivity index (χ3v) is 3.41. The molecule has 18 heavy (non-hydrogen) atoms.